The van der Waals surface area contributed by atoms with Crippen LogP contribution in [-0.2, 0) is 39.6 Å². The summed E-state index contributed by atoms with van der Waals surface area (Å²) >= 11 is 0. The van der Waals surface area contributed by atoms with Crippen LogP contribution in [0.3, 0.4) is 0 Å². The summed E-state index contributed by atoms with van der Waals surface area (Å²) in [4.78, 5) is 25.0. The van der Waals surface area contributed by atoms with Crippen LogP contribution in [-0.4, -0.2) is 18.5 Å². The summed E-state index contributed by atoms with van der Waals surface area (Å²) in [5, 5.41) is 50.0. The van der Waals surface area contributed by atoms with Crippen LogP contribution in [0.25, 0.3) is 0 Å². The molecule has 0 atom stereocenters. The number of hydrogen-bond donors (Lipinski definition) is 0. The van der Waals surface area contributed by atoms with Crippen LogP contribution < -0.4 is 68.4 Å². The van der Waals surface area contributed by atoms with Crippen LogP contribution in [0.5, 0.6) is 0 Å². The van der Waals surface area contributed by atoms with E-state index in [4.69, 9.17) is 45.0 Å². The Morgan fingerprint density at radius 1 is 0.529 bits per heavy atom. The molecule has 90 valence electrons. The maximum atomic E-state index is 8.33. The average Bonchev–Trinajstić information content (AvgIpc) is 1.54. The van der Waals surface area contributed by atoms with Gasteiger partial charge >= 0.3 is 71.9 Å². The SMILES string of the molecule is O=C([O-])[O-].O=C([O-])[O-].O=C([O-])[O-].[Fe+3].[Fe+3].[Li+].[Li+].[O-2]. The summed E-state index contributed by atoms with van der Waals surface area (Å²) in [6, 6.07) is 0. The van der Waals surface area contributed by atoms with Crippen LogP contribution >= 0.6 is 0 Å². The molecule has 0 aromatic heterocycles. The fourth-order valence-electron chi connectivity index (χ4n) is 0. The van der Waals surface area contributed by atoms with E-state index in [0.29, 0.717) is 0 Å². The third-order valence-corrected chi connectivity index (χ3v) is 0. The minimum absolute atomic E-state index is 0. The summed E-state index contributed by atoms with van der Waals surface area (Å²) in [6.45, 7) is 0. The van der Waals surface area contributed by atoms with Crippen molar-refractivity contribution >= 4 is 18.5 Å². The second-order valence-corrected chi connectivity index (χ2v) is 0.750. The van der Waals surface area contributed by atoms with Gasteiger partial charge in [0, 0.05) is 0 Å². The van der Waals surface area contributed by atoms with E-state index in [-0.39, 0.29) is 77.3 Å². The monoisotopic (exact) mass is 322 g/mol. The number of carboxylic acid groups (broad SMARTS) is 6. The molecule has 0 aliphatic carbocycles. The largest absolute Gasteiger partial charge is 3.00 e. The van der Waals surface area contributed by atoms with Gasteiger partial charge in [-0.3, -0.25) is 0 Å². The molecule has 0 unspecified atom stereocenters. The molecule has 0 aromatic rings. The third kappa shape index (κ3) is 221000000. The van der Waals surface area contributed by atoms with E-state index in [9.17, 15) is 0 Å². The van der Waals surface area contributed by atoms with Gasteiger partial charge in [0.25, 0.3) is 0 Å². The Morgan fingerprint density at radius 2 is 0.529 bits per heavy atom. The predicted octanol–water partition coefficient (Wildman–Crippen LogP) is -13.5. The van der Waals surface area contributed by atoms with Crippen molar-refractivity contribution in [3.05, 3.63) is 0 Å². The van der Waals surface area contributed by atoms with Crippen molar-refractivity contribution in [2.24, 2.45) is 0 Å². The molecule has 0 N–H and O–H groups in total. The Balaban J connectivity index is -0.0000000104. The molecule has 14 heteroatoms. The number of rotatable bonds is 0. The number of carbonyl (C=O) groups excluding carboxylic acids is 3. The van der Waals surface area contributed by atoms with Crippen LogP contribution in [0.1, 0.15) is 0 Å². The molecular weight excluding hydrogens is 322 g/mol. The van der Waals surface area contributed by atoms with Crippen molar-refractivity contribution in [1.82, 2.24) is 0 Å². The van der Waals surface area contributed by atoms with E-state index in [1.54, 1.807) is 0 Å². The topological polar surface area (TPSA) is 218 Å². The molecule has 2 radical (unpaired) electrons. The van der Waals surface area contributed by atoms with E-state index in [1.165, 1.54) is 0 Å². The first-order valence-electron chi connectivity index (χ1n) is 1.84. The maximum absolute atomic E-state index is 8.33. The Labute approximate surface area is 140 Å². The van der Waals surface area contributed by atoms with Crippen LogP contribution in [0.2, 0.25) is 0 Å². The van der Waals surface area contributed by atoms with Crippen LogP contribution in [0, 0.1) is 0 Å². The van der Waals surface area contributed by atoms with E-state index >= 15 is 0 Å². The van der Waals surface area contributed by atoms with Gasteiger partial charge in [-0.25, -0.2) is 0 Å². The summed E-state index contributed by atoms with van der Waals surface area (Å²) in [5.74, 6) is 0. The van der Waals surface area contributed by atoms with E-state index in [1.807, 2.05) is 0 Å². The average molecular weight is 322 g/mol. The standard InChI is InChI=1S/3CH2O3.2Fe.2Li.O/c3*2-1(3)4;;;;;/h3*(H2,2,3,4);;;;;/q;;;2*+3;2*+1;-2/p-6. The molecule has 0 saturated heterocycles. The van der Waals surface area contributed by atoms with Crippen molar-refractivity contribution in [3.63, 3.8) is 0 Å². The number of hydrogen-bond acceptors (Lipinski definition) is 9. The van der Waals surface area contributed by atoms with Gasteiger partial charge in [-0.2, -0.15) is 0 Å². The van der Waals surface area contributed by atoms with Crippen molar-refractivity contribution < 1.29 is 122 Å². The zero-order valence-corrected chi connectivity index (χ0v) is 10.5. The smallest absolute Gasteiger partial charge is 2.00 e. The van der Waals surface area contributed by atoms with Gasteiger partial charge in [-0.15, -0.1) is 0 Å². The van der Waals surface area contributed by atoms with Gasteiger partial charge in [0.05, 0.1) is 0 Å². The van der Waals surface area contributed by atoms with E-state index in [0.717, 1.165) is 0 Å². The summed E-state index contributed by atoms with van der Waals surface area (Å²) in [6.07, 6.45) is -7.00. The Hall–Kier alpha value is 0.00377. The molecule has 0 spiro atoms. The first-order valence-corrected chi connectivity index (χ1v) is 1.84. The molecule has 0 bridgehead atoms. The fourth-order valence-corrected chi connectivity index (χ4v) is 0. The molecule has 0 aromatic carbocycles. The van der Waals surface area contributed by atoms with Crippen molar-refractivity contribution in [2.45, 2.75) is 0 Å². The van der Waals surface area contributed by atoms with Gasteiger partial charge < -0.3 is 50.5 Å². The molecular formula is C3Fe2Li2O10. The van der Waals surface area contributed by atoms with E-state index in [2.05, 4.69) is 0 Å². The molecule has 0 rings (SSSR count). The minimum Gasteiger partial charge on any atom is -2.00 e. The predicted molar refractivity (Wildman–Crippen MR) is 16.9 cm³/mol. The van der Waals surface area contributed by atoms with E-state index < -0.39 is 18.5 Å². The molecule has 10 nitrogen and oxygen atoms in total. The van der Waals surface area contributed by atoms with Crippen LogP contribution in [0.15, 0.2) is 0 Å². The maximum Gasteiger partial charge on any atom is 3.00 e. The molecule has 0 saturated carbocycles. The molecule has 0 fully saturated rings. The van der Waals surface area contributed by atoms with Crippen molar-refractivity contribution in [3.8, 4) is 0 Å². The van der Waals surface area contributed by atoms with Gasteiger partial charge in [0.1, 0.15) is 0 Å². The van der Waals surface area contributed by atoms with Crippen molar-refractivity contribution in [1.29, 1.82) is 0 Å². The van der Waals surface area contributed by atoms with Gasteiger partial charge in [-0.1, -0.05) is 0 Å². The van der Waals surface area contributed by atoms with Gasteiger partial charge in [0.2, 0.25) is 0 Å². The Morgan fingerprint density at radius 3 is 0.529 bits per heavy atom. The molecule has 17 heavy (non-hydrogen) atoms. The first kappa shape index (κ1) is 53.7. The summed E-state index contributed by atoms with van der Waals surface area (Å²) in [7, 11) is 0. The quantitative estimate of drug-likeness (QED) is 0.386. The van der Waals surface area contributed by atoms with Crippen LogP contribution in [0.4, 0.5) is 14.4 Å². The van der Waals surface area contributed by atoms with Gasteiger partial charge in [-0.05, 0) is 18.5 Å². The number of carbonyl (C=O) groups is 3. The zero-order valence-electron chi connectivity index (χ0n) is 8.29. The first-order chi connectivity index (χ1) is 5.20. The molecule has 0 aliphatic heterocycles. The van der Waals surface area contributed by atoms with Gasteiger partial charge in [0.15, 0.2) is 0 Å². The molecule has 0 aliphatic rings. The molecule has 0 amide bonds. The minimum atomic E-state index is -2.33. The van der Waals surface area contributed by atoms with Crippen molar-refractivity contribution in [2.75, 3.05) is 0 Å². The molecule has 0 heterocycles. The zero-order chi connectivity index (χ0) is 10.7. The Kier molecular flexibility index (Phi) is 140. The third-order valence-electron chi connectivity index (χ3n) is 0. The fraction of sp³-hybridized carbons (Fsp3) is 0. The second kappa shape index (κ2) is 44.4. The summed E-state index contributed by atoms with van der Waals surface area (Å²) in [5.41, 5.74) is 0. The normalized spacial score (nSPS) is 4.24. The summed E-state index contributed by atoms with van der Waals surface area (Å²) < 4.78 is 0. The Bertz CT molecular complexity index is 125. The second-order valence-electron chi connectivity index (χ2n) is 0.750.